The predicted molar refractivity (Wildman–Crippen MR) is 63.5 cm³/mol. The summed E-state index contributed by atoms with van der Waals surface area (Å²) < 4.78 is 1.97. The second-order valence-electron chi connectivity index (χ2n) is 5.41. The van der Waals surface area contributed by atoms with Crippen molar-refractivity contribution in [3.05, 3.63) is 18.0 Å². The molecule has 1 aromatic heterocycles. The van der Waals surface area contributed by atoms with Gasteiger partial charge in [0.2, 0.25) is 0 Å². The Kier molecular flexibility index (Phi) is 3.91. The third kappa shape index (κ3) is 4.04. The highest BCUT2D eigenvalue weighted by Crippen LogP contribution is 2.27. The van der Waals surface area contributed by atoms with Gasteiger partial charge in [-0.3, -0.25) is 4.68 Å². The topological polar surface area (TPSA) is 43.8 Å². The maximum atomic E-state index is 6.14. The maximum Gasteiger partial charge on any atom is 0.0537 e. The van der Waals surface area contributed by atoms with Crippen molar-refractivity contribution in [2.75, 3.05) is 0 Å². The minimum absolute atomic E-state index is 0.107. The molecule has 3 heteroatoms. The van der Waals surface area contributed by atoms with Crippen molar-refractivity contribution in [2.45, 2.75) is 53.1 Å². The third-order valence-corrected chi connectivity index (χ3v) is 2.37. The molecule has 1 rings (SSSR count). The number of nitrogens with zero attached hydrogens (tertiary/aromatic N) is 2. The van der Waals surface area contributed by atoms with Crippen LogP contribution in [0.3, 0.4) is 0 Å². The summed E-state index contributed by atoms with van der Waals surface area (Å²) in [6.45, 7) is 9.76. The summed E-state index contributed by atoms with van der Waals surface area (Å²) in [5.74, 6) is 0. The molecule has 15 heavy (non-hydrogen) atoms. The van der Waals surface area contributed by atoms with E-state index in [0.717, 1.165) is 24.9 Å². The quantitative estimate of drug-likeness (QED) is 0.828. The molecule has 1 aromatic rings. The van der Waals surface area contributed by atoms with Crippen molar-refractivity contribution in [3.8, 4) is 0 Å². The highest BCUT2D eigenvalue weighted by Gasteiger charge is 2.17. The van der Waals surface area contributed by atoms with Crippen molar-refractivity contribution in [3.63, 3.8) is 0 Å². The Morgan fingerprint density at radius 3 is 2.67 bits per heavy atom. The van der Waals surface area contributed by atoms with E-state index in [2.05, 4.69) is 39.0 Å². The van der Waals surface area contributed by atoms with Crippen molar-refractivity contribution in [1.29, 1.82) is 0 Å². The zero-order chi connectivity index (χ0) is 11.5. The van der Waals surface area contributed by atoms with Crippen LogP contribution in [0.15, 0.2) is 12.4 Å². The Bertz CT molecular complexity index is 296. The lowest BCUT2D eigenvalue weighted by molar-refractivity contribution is 0.342. The Hall–Kier alpha value is -0.830. The minimum atomic E-state index is 0.107. The molecule has 0 aliphatic rings. The van der Waals surface area contributed by atoms with Crippen LogP contribution in [0.2, 0.25) is 0 Å². The summed E-state index contributed by atoms with van der Waals surface area (Å²) in [7, 11) is 0. The predicted octanol–water partition coefficient (Wildman–Crippen LogP) is 2.73. The van der Waals surface area contributed by atoms with Crippen LogP contribution in [0.25, 0.3) is 0 Å². The molecule has 0 saturated heterocycles. The van der Waals surface area contributed by atoms with E-state index in [1.54, 1.807) is 0 Å². The summed E-state index contributed by atoms with van der Waals surface area (Å²) in [5, 5.41) is 4.29. The van der Waals surface area contributed by atoms with Crippen LogP contribution < -0.4 is 5.73 Å². The van der Waals surface area contributed by atoms with Crippen LogP contribution in [-0.4, -0.2) is 9.78 Å². The molecule has 3 nitrogen and oxygen atoms in total. The second kappa shape index (κ2) is 4.79. The molecule has 1 atom stereocenters. The van der Waals surface area contributed by atoms with E-state index in [1.165, 1.54) is 0 Å². The van der Waals surface area contributed by atoms with E-state index >= 15 is 0 Å². The molecule has 2 N–H and O–H groups in total. The SMILES string of the molecule is CCCn1cc(C(N)CC(C)(C)C)cn1. The van der Waals surface area contributed by atoms with Gasteiger partial charge >= 0.3 is 0 Å². The number of hydrogen-bond acceptors (Lipinski definition) is 2. The van der Waals surface area contributed by atoms with Gasteiger partial charge in [0.25, 0.3) is 0 Å². The van der Waals surface area contributed by atoms with Crippen LogP contribution >= 0.6 is 0 Å². The fraction of sp³-hybridized carbons (Fsp3) is 0.750. The zero-order valence-electron chi connectivity index (χ0n) is 10.3. The van der Waals surface area contributed by atoms with Gasteiger partial charge in [0.15, 0.2) is 0 Å². The molecule has 0 aliphatic carbocycles. The molecule has 0 bridgehead atoms. The highest BCUT2D eigenvalue weighted by atomic mass is 15.3. The lowest BCUT2D eigenvalue weighted by atomic mass is 9.87. The minimum Gasteiger partial charge on any atom is -0.324 e. The molecule has 86 valence electrons. The Labute approximate surface area is 92.7 Å². The first-order chi connectivity index (χ1) is 6.92. The molecule has 0 saturated carbocycles. The zero-order valence-corrected chi connectivity index (χ0v) is 10.3. The van der Waals surface area contributed by atoms with Crippen LogP contribution in [0, 0.1) is 5.41 Å². The van der Waals surface area contributed by atoms with Gasteiger partial charge in [0.1, 0.15) is 0 Å². The van der Waals surface area contributed by atoms with E-state index in [1.807, 2.05) is 10.9 Å². The molecular formula is C12H23N3. The molecular weight excluding hydrogens is 186 g/mol. The van der Waals surface area contributed by atoms with Crippen molar-refractivity contribution in [1.82, 2.24) is 9.78 Å². The first kappa shape index (κ1) is 12.2. The Balaban J connectivity index is 2.61. The summed E-state index contributed by atoms with van der Waals surface area (Å²) in [6, 6.07) is 0.107. The van der Waals surface area contributed by atoms with Crippen LogP contribution in [0.4, 0.5) is 0 Å². The van der Waals surface area contributed by atoms with Gasteiger partial charge < -0.3 is 5.73 Å². The van der Waals surface area contributed by atoms with Gasteiger partial charge in [-0.15, -0.1) is 0 Å². The summed E-state index contributed by atoms with van der Waals surface area (Å²) in [6.07, 6.45) is 6.06. The van der Waals surface area contributed by atoms with Crippen molar-refractivity contribution in [2.24, 2.45) is 11.1 Å². The number of aryl methyl sites for hydroxylation is 1. The molecule has 0 aromatic carbocycles. The highest BCUT2D eigenvalue weighted by molar-refractivity contribution is 5.10. The monoisotopic (exact) mass is 209 g/mol. The molecule has 0 radical (unpaired) electrons. The van der Waals surface area contributed by atoms with Crippen molar-refractivity contribution < 1.29 is 0 Å². The Morgan fingerprint density at radius 1 is 1.47 bits per heavy atom. The molecule has 0 amide bonds. The van der Waals surface area contributed by atoms with Crippen LogP contribution in [-0.2, 0) is 6.54 Å². The average Bonchev–Trinajstić information content (AvgIpc) is 2.50. The number of rotatable bonds is 4. The molecule has 0 aliphatic heterocycles. The number of nitrogens with two attached hydrogens (primary N) is 1. The third-order valence-electron chi connectivity index (χ3n) is 2.37. The van der Waals surface area contributed by atoms with Gasteiger partial charge in [-0.2, -0.15) is 5.10 Å². The maximum absolute atomic E-state index is 6.14. The summed E-state index contributed by atoms with van der Waals surface area (Å²) >= 11 is 0. The lowest BCUT2D eigenvalue weighted by Gasteiger charge is -2.22. The number of hydrogen-bond donors (Lipinski definition) is 1. The standard InChI is InChI=1S/C12H23N3/c1-5-6-15-9-10(8-14-15)11(13)7-12(2,3)4/h8-9,11H,5-7,13H2,1-4H3. The fourth-order valence-corrected chi connectivity index (χ4v) is 1.70. The van der Waals surface area contributed by atoms with Gasteiger partial charge in [-0.25, -0.2) is 0 Å². The second-order valence-corrected chi connectivity index (χ2v) is 5.41. The van der Waals surface area contributed by atoms with Crippen LogP contribution in [0.5, 0.6) is 0 Å². The van der Waals surface area contributed by atoms with Gasteiger partial charge in [-0.05, 0) is 18.3 Å². The number of aromatic nitrogens is 2. The van der Waals surface area contributed by atoms with Crippen LogP contribution in [0.1, 0.15) is 52.1 Å². The lowest BCUT2D eigenvalue weighted by Crippen LogP contribution is -2.18. The molecule has 1 unspecified atom stereocenters. The van der Waals surface area contributed by atoms with E-state index < -0.39 is 0 Å². The molecule has 1 heterocycles. The normalized spacial score (nSPS) is 14.2. The van der Waals surface area contributed by atoms with E-state index in [-0.39, 0.29) is 11.5 Å². The van der Waals surface area contributed by atoms with Gasteiger partial charge in [-0.1, -0.05) is 27.7 Å². The first-order valence-corrected chi connectivity index (χ1v) is 5.70. The van der Waals surface area contributed by atoms with E-state index in [0.29, 0.717) is 0 Å². The summed E-state index contributed by atoms with van der Waals surface area (Å²) in [4.78, 5) is 0. The average molecular weight is 209 g/mol. The summed E-state index contributed by atoms with van der Waals surface area (Å²) in [5.41, 5.74) is 7.56. The smallest absolute Gasteiger partial charge is 0.0537 e. The van der Waals surface area contributed by atoms with E-state index in [9.17, 15) is 0 Å². The molecule has 0 fully saturated rings. The fourth-order valence-electron chi connectivity index (χ4n) is 1.70. The Morgan fingerprint density at radius 2 is 2.13 bits per heavy atom. The first-order valence-electron chi connectivity index (χ1n) is 5.70. The van der Waals surface area contributed by atoms with Crippen molar-refractivity contribution >= 4 is 0 Å². The largest absolute Gasteiger partial charge is 0.324 e. The van der Waals surface area contributed by atoms with Gasteiger partial charge in [0, 0.05) is 24.3 Å². The molecule has 0 spiro atoms. The van der Waals surface area contributed by atoms with E-state index in [4.69, 9.17) is 5.73 Å². The van der Waals surface area contributed by atoms with Gasteiger partial charge in [0.05, 0.1) is 6.20 Å².